The minimum Gasteiger partial charge on any atom is -0.271 e. The summed E-state index contributed by atoms with van der Waals surface area (Å²) >= 11 is 6.11. The molecule has 0 saturated heterocycles. The summed E-state index contributed by atoms with van der Waals surface area (Å²) in [6.07, 6.45) is 0.451. The van der Waals surface area contributed by atoms with Gasteiger partial charge in [0.05, 0.1) is 6.04 Å². The van der Waals surface area contributed by atoms with E-state index in [1.54, 1.807) is 24.3 Å². The molecule has 0 heterocycles. The molecule has 0 saturated carbocycles. The van der Waals surface area contributed by atoms with Gasteiger partial charge in [-0.05, 0) is 29.7 Å². The predicted octanol–water partition coefficient (Wildman–Crippen LogP) is 3.23. The molecule has 3 N–H and O–H groups in total. The minimum absolute atomic E-state index is 0.212. The Balaban J connectivity index is 2.26. The molecule has 0 spiro atoms. The molecule has 0 aliphatic rings. The Morgan fingerprint density at radius 3 is 2.44 bits per heavy atom. The van der Waals surface area contributed by atoms with Crippen LogP contribution < -0.4 is 11.3 Å². The second-order valence-electron chi connectivity index (χ2n) is 4.04. The lowest BCUT2D eigenvalue weighted by Crippen LogP contribution is -2.30. The molecule has 1 unspecified atom stereocenters. The first-order valence-electron chi connectivity index (χ1n) is 5.66. The normalized spacial score (nSPS) is 12.4. The van der Waals surface area contributed by atoms with Crippen LogP contribution in [-0.2, 0) is 6.42 Å². The fourth-order valence-electron chi connectivity index (χ4n) is 1.90. The van der Waals surface area contributed by atoms with Crippen LogP contribution in [-0.4, -0.2) is 0 Å². The van der Waals surface area contributed by atoms with Crippen molar-refractivity contribution < 1.29 is 4.39 Å². The van der Waals surface area contributed by atoms with E-state index in [9.17, 15) is 4.39 Å². The second kappa shape index (κ2) is 5.96. The van der Waals surface area contributed by atoms with Crippen LogP contribution >= 0.6 is 11.6 Å². The van der Waals surface area contributed by atoms with Crippen LogP contribution in [0, 0.1) is 5.82 Å². The summed E-state index contributed by atoms with van der Waals surface area (Å²) in [5.41, 5.74) is 4.16. The third-order valence-corrected chi connectivity index (χ3v) is 3.21. The Bertz CT molecular complexity index is 531. The molecular formula is C14H14ClFN2. The van der Waals surface area contributed by atoms with Crippen molar-refractivity contribution in [3.8, 4) is 0 Å². The van der Waals surface area contributed by atoms with Crippen LogP contribution in [0.25, 0.3) is 0 Å². The SMILES string of the molecule is NNC(Cc1ccccc1F)c1ccccc1Cl. The molecule has 0 amide bonds. The molecule has 2 aromatic rings. The Hall–Kier alpha value is -1.42. The van der Waals surface area contributed by atoms with Crippen molar-refractivity contribution in [2.75, 3.05) is 0 Å². The van der Waals surface area contributed by atoms with Crippen molar-refractivity contribution in [1.29, 1.82) is 0 Å². The highest BCUT2D eigenvalue weighted by molar-refractivity contribution is 6.31. The van der Waals surface area contributed by atoms with E-state index in [0.717, 1.165) is 5.56 Å². The van der Waals surface area contributed by atoms with E-state index in [1.165, 1.54) is 6.07 Å². The van der Waals surface area contributed by atoms with Crippen molar-refractivity contribution in [3.05, 3.63) is 70.5 Å². The smallest absolute Gasteiger partial charge is 0.126 e. The Morgan fingerprint density at radius 1 is 1.11 bits per heavy atom. The number of rotatable bonds is 4. The van der Waals surface area contributed by atoms with Gasteiger partial charge >= 0.3 is 0 Å². The molecule has 2 nitrogen and oxygen atoms in total. The van der Waals surface area contributed by atoms with Crippen molar-refractivity contribution in [2.24, 2.45) is 5.84 Å². The topological polar surface area (TPSA) is 38.0 Å². The summed E-state index contributed by atoms with van der Waals surface area (Å²) in [6.45, 7) is 0. The summed E-state index contributed by atoms with van der Waals surface area (Å²) in [4.78, 5) is 0. The van der Waals surface area contributed by atoms with Crippen molar-refractivity contribution in [3.63, 3.8) is 0 Å². The molecular weight excluding hydrogens is 251 g/mol. The summed E-state index contributed by atoms with van der Waals surface area (Å²) in [5, 5.41) is 0.622. The average molecular weight is 265 g/mol. The maximum atomic E-state index is 13.6. The largest absolute Gasteiger partial charge is 0.271 e. The van der Waals surface area contributed by atoms with Crippen molar-refractivity contribution in [2.45, 2.75) is 12.5 Å². The second-order valence-corrected chi connectivity index (χ2v) is 4.44. The molecule has 18 heavy (non-hydrogen) atoms. The van der Waals surface area contributed by atoms with Gasteiger partial charge in [0.15, 0.2) is 0 Å². The molecule has 0 fully saturated rings. The van der Waals surface area contributed by atoms with Crippen LogP contribution in [0.15, 0.2) is 48.5 Å². The molecule has 4 heteroatoms. The Morgan fingerprint density at radius 2 is 1.78 bits per heavy atom. The molecule has 2 aromatic carbocycles. The molecule has 0 aromatic heterocycles. The van der Waals surface area contributed by atoms with Gasteiger partial charge in [-0.1, -0.05) is 48.0 Å². The molecule has 0 aliphatic carbocycles. The zero-order valence-electron chi connectivity index (χ0n) is 9.74. The van der Waals surface area contributed by atoms with E-state index < -0.39 is 0 Å². The number of hydrazine groups is 1. The van der Waals surface area contributed by atoms with Crippen LogP contribution in [0.5, 0.6) is 0 Å². The molecule has 0 aliphatic heterocycles. The quantitative estimate of drug-likeness (QED) is 0.657. The summed E-state index contributed by atoms with van der Waals surface area (Å²) in [5.74, 6) is 5.31. The van der Waals surface area contributed by atoms with E-state index in [1.807, 2.05) is 18.2 Å². The lowest BCUT2D eigenvalue weighted by molar-refractivity contribution is 0.529. The fraction of sp³-hybridized carbons (Fsp3) is 0.143. The minimum atomic E-state index is -0.232. The molecule has 2 rings (SSSR count). The van der Waals surface area contributed by atoms with Gasteiger partial charge in [0.1, 0.15) is 5.82 Å². The van der Waals surface area contributed by atoms with Gasteiger partial charge in [-0.2, -0.15) is 0 Å². The van der Waals surface area contributed by atoms with Gasteiger partial charge < -0.3 is 0 Å². The number of nitrogens with one attached hydrogen (secondary N) is 1. The highest BCUT2D eigenvalue weighted by atomic mass is 35.5. The number of hydrogen-bond donors (Lipinski definition) is 2. The fourth-order valence-corrected chi connectivity index (χ4v) is 2.17. The zero-order chi connectivity index (χ0) is 13.0. The first-order chi connectivity index (χ1) is 8.72. The molecule has 0 radical (unpaired) electrons. The van der Waals surface area contributed by atoms with Crippen molar-refractivity contribution >= 4 is 11.6 Å². The standard InChI is InChI=1S/C14H14ClFN2/c15-12-7-3-2-6-11(12)14(18-17)9-10-5-1-4-8-13(10)16/h1-8,14,18H,9,17H2. The monoisotopic (exact) mass is 264 g/mol. The maximum absolute atomic E-state index is 13.6. The molecule has 0 bridgehead atoms. The maximum Gasteiger partial charge on any atom is 0.126 e. The van der Waals surface area contributed by atoms with E-state index in [2.05, 4.69) is 5.43 Å². The lowest BCUT2D eigenvalue weighted by atomic mass is 9.99. The van der Waals surface area contributed by atoms with E-state index >= 15 is 0 Å². The van der Waals surface area contributed by atoms with E-state index in [4.69, 9.17) is 17.4 Å². The van der Waals surface area contributed by atoms with Crippen LogP contribution in [0.1, 0.15) is 17.2 Å². The first kappa shape index (κ1) is 13.0. The van der Waals surface area contributed by atoms with Crippen LogP contribution in [0.3, 0.4) is 0 Å². The van der Waals surface area contributed by atoms with Crippen LogP contribution in [0.2, 0.25) is 5.02 Å². The number of halogens is 2. The summed E-state index contributed by atoms with van der Waals surface area (Å²) in [7, 11) is 0. The molecule has 1 atom stereocenters. The average Bonchev–Trinajstić information content (AvgIpc) is 2.39. The number of benzene rings is 2. The Kier molecular flexibility index (Phi) is 4.31. The zero-order valence-corrected chi connectivity index (χ0v) is 10.5. The number of hydrogen-bond acceptors (Lipinski definition) is 2. The summed E-state index contributed by atoms with van der Waals surface area (Å²) < 4.78 is 13.6. The Labute approximate surface area is 111 Å². The van der Waals surface area contributed by atoms with Gasteiger partial charge in [0.25, 0.3) is 0 Å². The van der Waals surface area contributed by atoms with E-state index in [0.29, 0.717) is 17.0 Å². The first-order valence-corrected chi connectivity index (χ1v) is 6.04. The van der Waals surface area contributed by atoms with Gasteiger partial charge in [0.2, 0.25) is 0 Å². The van der Waals surface area contributed by atoms with E-state index in [-0.39, 0.29) is 11.9 Å². The predicted molar refractivity (Wildman–Crippen MR) is 71.6 cm³/mol. The van der Waals surface area contributed by atoms with Crippen molar-refractivity contribution in [1.82, 2.24) is 5.43 Å². The van der Waals surface area contributed by atoms with Crippen LogP contribution in [0.4, 0.5) is 4.39 Å². The third kappa shape index (κ3) is 2.88. The highest BCUT2D eigenvalue weighted by Gasteiger charge is 2.15. The highest BCUT2D eigenvalue weighted by Crippen LogP contribution is 2.25. The lowest BCUT2D eigenvalue weighted by Gasteiger charge is -2.18. The summed E-state index contributed by atoms with van der Waals surface area (Å²) in [6, 6.07) is 13.9. The number of nitrogens with two attached hydrogens (primary N) is 1. The van der Waals surface area contributed by atoms with Gasteiger partial charge in [-0.25, -0.2) is 4.39 Å². The molecule has 94 valence electrons. The van der Waals surface area contributed by atoms with Gasteiger partial charge in [-0.15, -0.1) is 0 Å². The van der Waals surface area contributed by atoms with Gasteiger partial charge in [-0.3, -0.25) is 11.3 Å². The third-order valence-electron chi connectivity index (χ3n) is 2.86. The van der Waals surface area contributed by atoms with Gasteiger partial charge in [0, 0.05) is 5.02 Å².